The molecule has 140 valence electrons. The highest BCUT2D eigenvalue weighted by atomic mass is 35.5. The van der Waals surface area contributed by atoms with Crippen molar-refractivity contribution in [1.29, 1.82) is 0 Å². The van der Waals surface area contributed by atoms with Crippen LogP contribution in [0.1, 0.15) is 16.1 Å². The summed E-state index contributed by atoms with van der Waals surface area (Å²) in [5.41, 5.74) is 1.38. The average Bonchev–Trinajstić information content (AvgIpc) is 3.37. The molecule has 2 aromatic heterocycles. The van der Waals surface area contributed by atoms with E-state index in [1.54, 1.807) is 16.7 Å². The minimum Gasteiger partial charge on any atom is -0.378 e. The second-order valence-electron chi connectivity index (χ2n) is 6.00. The van der Waals surface area contributed by atoms with Crippen LogP contribution in [-0.2, 0) is 11.3 Å². The van der Waals surface area contributed by atoms with Crippen LogP contribution in [0.2, 0.25) is 5.02 Å². The molecule has 4 rings (SSSR count). The van der Waals surface area contributed by atoms with Gasteiger partial charge in [-0.25, -0.2) is 0 Å². The van der Waals surface area contributed by atoms with E-state index in [9.17, 15) is 4.79 Å². The summed E-state index contributed by atoms with van der Waals surface area (Å²) in [5, 5.41) is 13.6. The zero-order chi connectivity index (χ0) is 18.6. The van der Waals surface area contributed by atoms with Gasteiger partial charge in [-0.1, -0.05) is 41.1 Å². The van der Waals surface area contributed by atoms with Gasteiger partial charge in [0.25, 0.3) is 5.91 Å². The number of nitrogens with zero attached hydrogens (tertiary/aromatic N) is 4. The maximum Gasteiger partial charge on any atom is 0.268 e. The predicted molar refractivity (Wildman–Crippen MR) is 105 cm³/mol. The normalized spacial score (nSPS) is 14.3. The molecule has 0 atom stereocenters. The Labute approximate surface area is 165 Å². The summed E-state index contributed by atoms with van der Waals surface area (Å²) >= 11 is 7.61. The second kappa shape index (κ2) is 8.08. The molecule has 0 radical (unpaired) electrons. The fourth-order valence-electron chi connectivity index (χ4n) is 2.83. The maximum absolute atomic E-state index is 12.6. The van der Waals surface area contributed by atoms with E-state index in [0.29, 0.717) is 35.6 Å². The van der Waals surface area contributed by atoms with Gasteiger partial charge in [0.1, 0.15) is 5.69 Å². The lowest BCUT2D eigenvalue weighted by atomic mass is 10.2. The molecule has 9 heteroatoms. The van der Waals surface area contributed by atoms with Crippen molar-refractivity contribution >= 4 is 34.0 Å². The molecule has 27 heavy (non-hydrogen) atoms. The zero-order valence-corrected chi connectivity index (χ0v) is 16.0. The van der Waals surface area contributed by atoms with E-state index in [0.717, 1.165) is 23.8 Å². The molecule has 0 saturated carbocycles. The lowest BCUT2D eigenvalue weighted by Crippen LogP contribution is -2.36. The SMILES string of the molecule is O=C(NCc1ccccc1Cl)c1cccn1-c1nnc(N2CCOCC2)s1. The van der Waals surface area contributed by atoms with E-state index in [2.05, 4.69) is 20.4 Å². The number of nitrogens with one attached hydrogen (secondary N) is 1. The molecule has 3 heterocycles. The van der Waals surface area contributed by atoms with Crippen LogP contribution in [0, 0.1) is 0 Å². The van der Waals surface area contributed by atoms with Gasteiger partial charge in [0, 0.05) is 30.9 Å². The first-order chi connectivity index (χ1) is 13.2. The Balaban J connectivity index is 1.48. The van der Waals surface area contributed by atoms with Crippen molar-refractivity contribution in [2.24, 2.45) is 0 Å². The first kappa shape index (κ1) is 18.0. The van der Waals surface area contributed by atoms with Gasteiger partial charge in [0.2, 0.25) is 10.3 Å². The molecule has 1 saturated heterocycles. The largest absolute Gasteiger partial charge is 0.378 e. The number of amides is 1. The van der Waals surface area contributed by atoms with Crippen LogP contribution in [0.15, 0.2) is 42.6 Å². The Morgan fingerprint density at radius 3 is 2.74 bits per heavy atom. The monoisotopic (exact) mass is 403 g/mol. The predicted octanol–water partition coefficient (Wildman–Crippen LogP) is 2.75. The molecule has 1 aliphatic heterocycles. The van der Waals surface area contributed by atoms with Crippen LogP contribution < -0.4 is 10.2 Å². The van der Waals surface area contributed by atoms with Crippen molar-refractivity contribution in [3.05, 3.63) is 58.9 Å². The van der Waals surface area contributed by atoms with Crippen molar-refractivity contribution in [1.82, 2.24) is 20.1 Å². The molecule has 0 bridgehead atoms. The molecule has 0 unspecified atom stereocenters. The van der Waals surface area contributed by atoms with Crippen LogP contribution in [-0.4, -0.2) is 47.0 Å². The molecule has 1 N–H and O–H groups in total. The molecule has 0 aliphatic carbocycles. The number of ether oxygens (including phenoxy) is 1. The molecular formula is C18H18ClN5O2S. The van der Waals surface area contributed by atoms with Crippen molar-refractivity contribution in [2.75, 3.05) is 31.2 Å². The summed E-state index contributed by atoms with van der Waals surface area (Å²) in [5.74, 6) is -0.192. The number of benzene rings is 1. The molecule has 3 aromatic rings. The van der Waals surface area contributed by atoms with Gasteiger partial charge in [-0.15, -0.1) is 10.2 Å². The minimum absolute atomic E-state index is 0.192. The Kier molecular flexibility index (Phi) is 5.38. The van der Waals surface area contributed by atoms with E-state index in [-0.39, 0.29) is 5.91 Å². The van der Waals surface area contributed by atoms with Crippen LogP contribution in [0.4, 0.5) is 5.13 Å². The van der Waals surface area contributed by atoms with Crippen LogP contribution in [0.5, 0.6) is 0 Å². The third-order valence-electron chi connectivity index (χ3n) is 4.27. The number of hydrogen-bond acceptors (Lipinski definition) is 6. The van der Waals surface area contributed by atoms with E-state index in [1.165, 1.54) is 11.3 Å². The molecule has 1 aromatic carbocycles. The Hall–Kier alpha value is -2.42. The van der Waals surface area contributed by atoms with Gasteiger partial charge in [-0.2, -0.15) is 0 Å². The van der Waals surface area contributed by atoms with Gasteiger partial charge in [0.05, 0.1) is 13.2 Å². The summed E-state index contributed by atoms with van der Waals surface area (Å²) in [6, 6.07) is 11.0. The number of carbonyl (C=O) groups excluding carboxylic acids is 1. The first-order valence-corrected chi connectivity index (χ1v) is 9.77. The van der Waals surface area contributed by atoms with Crippen molar-refractivity contribution < 1.29 is 9.53 Å². The average molecular weight is 404 g/mol. The summed E-state index contributed by atoms with van der Waals surface area (Å²) in [6.45, 7) is 3.33. The summed E-state index contributed by atoms with van der Waals surface area (Å²) in [7, 11) is 0. The van der Waals surface area contributed by atoms with Gasteiger partial charge in [-0.3, -0.25) is 9.36 Å². The lowest BCUT2D eigenvalue weighted by Gasteiger charge is -2.25. The van der Waals surface area contributed by atoms with Crippen LogP contribution >= 0.6 is 22.9 Å². The van der Waals surface area contributed by atoms with Gasteiger partial charge in [-0.05, 0) is 23.8 Å². The Morgan fingerprint density at radius 2 is 1.93 bits per heavy atom. The highest BCUT2D eigenvalue weighted by Gasteiger charge is 2.19. The van der Waals surface area contributed by atoms with Crippen LogP contribution in [0.3, 0.4) is 0 Å². The fraction of sp³-hybridized carbons (Fsp3) is 0.278. The Morgan fingerprint density at radius 1 is 1.15 bits per heavy atom. The highest BCUT2D eigenvalue weighted by molar-refractivity contribution is 7.17. The van der Waals surface area contributed by atoms with Crippen molar-refractivity contribution in [2.45, 2.75) is 6.54 Å². The highest BCUT2D eigenvalue weighted by Crippen LogP contribution is 2.25. The van der Waals surface area contributed by atoms with Gasteiger partial charge in [0.15, 0.2) is 0 Å². The molecule has 0 spiro atoms. The zero-order valence-electron chi connectivity index (χ0n) is 14.5. The summed E-state index contributed by atoms with van der Waals surface area (Å²) < 4.78 is 7.12. The third kappa shape index (κ3) is 3.97. The van der Waals surface area contributed by atoms with E-state index in [4.69, 9.17) is 16.3 Å². The number of anilines is 1. The van der Waals surface area contributed by atoms with Gasteiger partial charge >= 0.3 is 0 Å². The fourth-order valence-corrected chi connectivity index (χ4v) is 3.93. The smallest absolute Gasteiger partial charge is 0.268 e. The van der Waals surface area contributed by atoms with Crippen molar-refractivity contribution in [3.8, 4) is 5.13 Å². The van der Waals surface area contributed by atoms with Crippen molar-refractivity contribution in [3.63, 3.8) is 0 Å². The maximum atomic E-state index is 12.6. The quantitative estimate of drug-likeness (QED) is 0.709. The van der Waals surface area contributed by atoms with Gasteiger partial charge < -0.3 is 15.0 Å². The molecule has 1 aliphatic rings. The molecular weight excluding hydrogens is 386 g/mol. The van der Waals surface area contributed by atoms with E-state index in [1.807, 2.05) is 30.5 Å². The van der Waals surface area contributed by atoms with Crippen LogP contribution in [0.25, 0.3) is 5.13 Å². The Bertz CT molecular complexity index is 935. The molecule has 1 fully saturated rings. The summed E-state index contributed by atoms with van der Waals surface area (Å²) in [4.78, 5) is 14.8. The number of halogens is 1. The number of rotatable bonds is 5. The number of aromatic nitrogens is 3. The molecule has 1 amide bonds. The van der Waals surface area contributed by atoms with E-state index < -0.39 is 0 Å². The van der Waals surface area contributed by atoms with E-state index >= 15 is 0 Å². The third-order valence-corrected chi connectivity index (χ3v) is 5.62. The topological polar surface area (TPSA) is 72.3 Å². The standard InChI is InChI=1S/C18H18ClN5O2S/c19-14-5-2-1-4-13(14)12-20-16(25)15-6-3-7-24(15)18-22-21-17(27-18)23-8-10-26-11-9-23/h1-7H,8-12H2,(H,20,25). The number of morpholine rings is 1. The minimum atomic E-state index is -0.192. The molecule has 7 nitrogen and oxygen atoms in total. The number of carbonyl (C=O) groups is 1. The lowest BCUT2D eigenvalue weighted by molar-refractivity contribution is 0.0944. The number of hydrogen-bond donors (Lipinski definition) is 1. The summed E-state index contributed by atoms with van der Waals surface area (Å²) in [6.07, 6.45) is 1.81. The second-order valence-corrected chi connectivity index (χ2v) is 7.35. The first-order valence-electron chi connectivity index (χ1n) is 8.58.